The summed E-state index contributed by atoms with van der Waals surface area (Å²) >= 11 is 0. The summed E-state index contributed by atoms with van der Waals surface area (Å²) in [6.07, 6.45) is 0.543. The molecule has 7 nitrogen and oxygen atoms in total. The zero-order chi connectivity index (χ0) is 14.3. The van der Waals surface area contributed by atoms with E-state index in [-0.39, 0.29) is 11.4 Å². The van der Waals surface area contributed by atoms with Crippen molar-refractivity contribution in [3.8, 4) is 0 Å². The molecule has 0 amide bonds. The minimum atomic E-state index is -3.78. The van der Waals surface area contributed by atoms with Crippen molar-refractivity contribution in [3.05, 3.63) is 29.3 Å². The van der Waals surface area contributed by atoms with E-state index in [0.29, 0.717) is 18.5 Å². The molecule has 3 N–H and O–H groups in total. The Morgan fingerprint density at radius 3 is 2.47 bits per heavy atom. The van der Waals surface area contributed by atoms with Crippen LogP contribution in [-0.2, 0) is 33.2 Å². The van der Waals surface area contributed by atoms with Crippen molar-refractivity contribution in [1.29, 1.82) is 0 Å². The van der Waals surface area contributed by atoms with Gasteiger partial charge in [0.15, 0.2) is 0 Å². The molecule has 0 unspecified atom stereocenters. The summed E-state index contributed by atoms with van der Waals surface area (Å²) in [5.41, 5.74) is 1.60. The number of hydrogen-bond acceptors (Lipinski definition) is 4. The number of fused-ring (bicyclic) bond motifs is 1. The maximum atomic E-state index is 11.7. The van der Waals surface area contributed by atoms with Crippen molar-refractivity contribution in [2.45, 2.75) is 17.9 Å². The summed E-state index contributed by atoms with van der Waals surface area (Å²) in [6.45, 7) is 0.507. The lowest BCUT2D eigenvalue weighted by Gasteiger charge is -2.27. The fraction of sp³-hybridized carbons (Fsp3) is 0.400. The number of primary sulfonamides is 1. The Morgan fingerprint density at radius 1 is 1.21 bits per heavy atom. The average molecular weight is 305 g/mol. The van der Waals surface area contributed by atoms with E-state index in [9.17, 15) is 16.8 Å². The summed E-state index contributed by atoms with van der Waals surface area (Å²) in [5, 5.41) is 5.06. The highest BCUT2D eigenvalue weighted by Crippen LogP contribution is 2.23. The van der Waals surface area contributed by atoms with E-state index in [4.69, 9.17) is 5.14 Å². The maximum absolute atomic E-state index is 11.7. The van der Waals surface area contributed by atoms with Crippen LogP contribution in [0.4, 0.5) is 0 Å². The van der Waals surface area contributed by atoms with Gasteiger partial charge in [-0.25, -0.2) is 18.3 Å². The number of hydrogen-bond donors (Lipinski definition) is 2. The largest absolute Gasteiger partial charge is 0.279 e. The van der Waals surface area contributed by atoms with E-state index in [1.807, 2.05) is 0 Å². The SMILES string of the molecule is CNS(=O)(=O)N1CCc2ccc(S(N)(=O)=O)cc2C1. The zero-order valence-corrected chi connectivity index (χ0v) is 12.0. The predicted molar refractivity (Wildman–Crippen MR) is 69.9 cm³/mol. The fourth-order valence-electron chi connectivity index (χ4n) is 2.02. The van der Waals surface area contributed by atoms with E-state index in [2.05, 4.69) is 4.72 Å². The van der Waals surface area contributed by atoms with Gasteiger partial charge in [0, 0.05) is 20.1 Å². The Morgan fingerprint density at radius 2 is 1.89 bits per heavy atom. The van der Waals surface area contributed by atoms with Crippen molar-refractivity contribution in [2.75, 3.05) is 13.6 Å². The predicted octanol–water partition coefficient (Wildman–Crippen LogP) is -0.844. The molecular formula is C10H15N3O4S2. The van der Waals surface area contributed by atoms with Gasteiger partial charge < -0.3 is 0 Å². The van der Waals surface area contributed by atoms with Crippen LogP contribution in [0.3, 0.4) is 0 Å². The molecule has 0 spiro atoms. The third-order valence-corrected chi connectivity index (χ3v) is 5.50. The Kier molecular flexibility index (Phi) is 3.67. The van der Waals surface area contributed by atoms with Crippen LogP contribution in [0.5, 0.6) is 0 Å². The Hall–Kier alpha value is -1.00. The second-order valence-electron chi connectivity index (χ2n) is 4.27. The van der Waals surface area contributed by atoms with Gasteiger partial charge in [0.05, 0.1) is 4.90 Å². The lowest BCUT2D eigenvalue weighted by molar-refractivity contribution is 0.386. The van der Waals surface area contributed by atoms with Gasteiger partial charge in [-0.3, -0.25) is 0 Å². The molecule has 2 rings (SSSR count). The number of rotatable bonds is 3. The van der Waals surface area contributed by atoms with E-state index < -0.39 is 20.2 Å². The number of nitrogens with one attached hydrogen (secondary N) is 1. The van der Waals surface area contributed by atoms with Gasteiger partial charge in [-0.1, -0.05) is 6.07 Å². The van der Waals surface area contributed by atoms with Crippen LogP contribution in [0.2, 0.25) is 0 Å². The molecular weight excluding hydrogens is 290 g/mol. The van der Waals surface area contributed by atoms with Gasteiger partial charge in [0.1, 0.15) is 0 Å². The highest BCUT2D eigenvalue weighted by molar-refractivity contribution is 7.89. The molecule has 1 aliphatic rings. The molecule has 0 atom stereocenters. The monoisotopic (exact) mass is 305 g/mol. The molecule has 1 heterocycles. The van der Waals surface area contributed by atoms with Crippen LogP contribution < -0.4 is 9.86 Å². The zero-order valence-electron chi connectivity index (χ0n) is 10.3. The van der Waals surface area contributed by atoms with Gasteiger partial charge in [0.25, 0.3) is 10.2 Å². The van der Waals surface area contributed by atoms with E-state index in [1.165, 1.54) is 23.5 Å². The molecule has 1 aliphatic heterocycles. The van der Waals surface area contributed by atoms with Crippen LogP contribution in [0.25, 0.3) is 0 Å². The first kappa shape index (κ1) is 14.4. The Bertz CT molecular complexity index is 697. The quantitative estimate of drug-likeness (QED) is 0.758. The molecule has 0 fully saturated rings. The molecule has 0 bridgehead atoms. The van der Waals surface area contributed by atoms with Crippen molar-refractivity contribution in [1.82, 2.24) is 9.03 Å². The first-order valence-electron chi connectivity index (χ1n) is 5.57. The lowest BCUT2D eigenvalue weighted by atomic mass is 10.0. The van der Waals surface area contributed by atoms with Gasteiger partial charge in [-0.05, 0) is 29.7 Å². The lowest BCUT2D eigenvalue weighted by Crippen LogP contribution is -2.41. The second kappa shape index (κ2) is 4.84. The standard InChI is InChI=1S/C10H15N3O4S2/c1-12-19(16,17)13-5-4-8-2-3-10(18(11,14)15)6-9(8)7-13/h2-3,6,12H,4-5,7H2,1H3,(H2,11,14,15). The van der Waals surface area contributed by atoms with Gasteiger partial charge in [-0.15, -0.1) is 0 Å². The maximum Gasteiger partial charge on any atom is 0.279 e. The van der Waals surface area contributed by atoms with E-state index >= 15 is 0 Å². The van der Waals surface area contributed by atoms with Crippen molar-refractivity contribution >= 4 is 20.2 Å². The molecule has 1 aromatic rings. The summed E-state index contributed by atoms with van der Waals surface area (Å²) in [6, 6.07) is 4.55. The topological polar surface area (TPSA) is 110 Å². The molecule has 0 radical (unpaired) electrons. The minimum Gasteiger partial charge on any atom is -0.225 e. The minimum absolute atomic E-state index is 0.00467. The first-order valence-corrected chi connectivity index (χ1v) is 8.56. The molecule has 9 heteroatoms. The number of nitrogens with two attached hydrogens (primary N) is 1. The fourth-order valence-corrected chi connectivity index (χ4v) is 3.48. The smallest absolute Gasteiger partial charge is 0.225 e. The van der Waals surface area contributed by atoms with Crippen LogP contribution in [0.15, 0.2) is 23.1 Å². The third-order valence-electron chi connectivity index (χ3n) is 3.08. The highest BCUT2D eigenvalue weighted by Gasteiger charge is 2.26. The molecule has 1 aromatic carbocycles. The summed E-state index contributed by atoms with van der Waals surface area (Å²) in [5.74, 6) is 0. The van der Waals surface area contributed by atoms with Crippen LogP contribution in [0.1, 0.15) is 11.1 Å². The summed E-state index contributed by atoms with van der Waals surface area (Å²) < 4.78 is 49.5. The van der Waals surface area contributed by atoms with Crippen LogP contribution >= 0.6 is 0 Å². The Balaban J connectivity index is 2.39. The molecule has 0 saturated heterocycles. The third kappa shape index (κ3) is 2.95. The molecule has 19 heavy (non-hydrogen) atoms. The van der Waals surface area contributed by atoms with Gasteiger partial charge in [0.2, 0.25) is 10.0 Å². The normalized spacial score (nSPS) is 17.2. The van der Waals surface area contributed by atoms with Crippen LogP contribution in [-0.4, -0.2) is 34.7 Å². The van der Waals surface area contributed by atoms with E-state index in [1.54, 1.807) is 6.07 Å². The van der Waals surface area contributed by atoms with Crippen molar-refractivity contribution < 1.29 is 16.8 Å². The molecule has 0 saturated carbocycles. The first-order chi connectivity index (χ1) is 8.74. The Labute approximate surface area is 112 Å². The molecule has 0 aromatic heterocycles. The van der Waals surface area contributed by atoms with Gasteiger partial charge in [-0.2, -0.15) is 12.7 Å². The average Bonchev–Trinajstić information content (AvgIpc) is 2.36. The van der Waals surface area contributed by atoms with E-state index in [0.717, 1.165) is 5.56 Å². The molecule has 106 valence electrons. The highest BCUT2D eigenvalue weighted by atomic mass is 32.2. The molecule has 0 aliphatic carbocycles. The number of benzene rings is 1. The summed E-state index contributed by atoms with van der Waals surface area (Å²) in [4.78, 5) is -0.00467. The number of nitrogens with zero attached hydrogens (tertiary/aromatic N) is 1. The van der Waals surface area contributed by atoms with Crippen molar-refractivity contribution in [3.63, 3.8) is 0 Å². The van der Waals surface area contributed by atoms with Gasteiger partial charge >= 0.3 is 0 Å². The second-order valence-corrected chi connectivity index (χ2v) is 7.70. The van der Waals surface area contributed by atoms with Crippen molar-refractivity contribution in [2.24, 2.45) is 5.14 Å². The number of sulfonamides is 1. The summed E-state index contributed by atoms with van der Waals surface area (Å²) in [7, 11) is -5.95. The van der Waals surface area contributed by atoms with Crippen LogP contribution in [0, 0.1) is 0 Å².